The lowest BCUT2D eigenvalue weighted by molar-refractivity contribution is -0.121. The Bertz CT molecular complexity index is 641. The van der Waals surface area contributed by atoms with Crippen molar-refractivity contribution < 1.29 is 9.59 Å². The third kappa shape index (κ3) is 9.41. The summed E-state index contributed by atoms with van der Waals surface area (Å²) in [7, 11) is 1.64. The van der Waals surface area contributed by atoms with Crippen LogP contribution in [0.1, 0.15) is 37.6 Å². The van der Waals surface area contributed by atoms with Gasteiger partial charge in [-0.3, -0.25) is 14.6 Å². The van der Waals surface area contributed by atoms with Gasteiger partial charge in [-0.2, -0.15) is 0 Å². The Hall–Kier alpha value is -2.09. The van der Waals surface area contributed by atoms with Crippen molar-refractivity contribution >= 4 is 33.7 Å². The molecule has 2 amide bonds. The lowest BCUT2D eigenvalue weighted by atomic mass is 10.1. The largest absolute Gasteiger partial charge is 0.356 e. The standard InChI is InChI=1S/C18H28BrN5O2/c1-18(2,3)24-15(25)12-23-17(20-4)22-10-6-9-21-16(26)13-7-5-8-14(19)11-13/h5,7-8,11H,6,9-10,12H2,1-4H3,(H,21,26)(H,24,25)(H2,20,22,23). The number of nitrogens with zero attached hydrogens (tertiary/aromatic N) is 1. The highest BCUT2D eigenvalue weighted by molar-refractivity contribution is 9.10. The number of carbonyl (C=O) groups excluding carboxylic acids is 2. The third-order valence-electron chi connectivity index (χ3n) is 3.17. The summed E-state index contributed by atoms with van der Waals surface area (Å²) in [6.07, 6.45) is 0.731. The average Bonchev–Trinajstić information content (AvgIpc) is 2.55. The Balaban J connectivity index is 2.23. The number of halogens is 1. The Morgan fingerprint density at radius 1 is 1.12 bits per heavy atom. The van der Waals surface area contributed by atoms with E-state index in [1.807, 2.05) is 32.9 Å². The van der Waals surface area contributed by atoms with E-state index < -0.39 is 0 Å². The molecule has 0 atom stereocenters. The average molecular weight is 426 g/mol. The first kappa shape index (κ1) is 22.0. The summed E-state index contributed by atoms with van der Waals surface area (Å²) in [5.74, 6) is 0.349. The van der Waals surface area contributed by atoms with Crippen LogP contribution in [0.4, 0.5) is 0 Å². The van der Waals surface area contributed by atoms with Gasteiger partial charge in [0.15, 0.2) is 5.96 Å². The molecule has 0 heterocycles. The van der Waals surface area contributed by atoms with Gasteiger partial charge in [0, 0.05) is 35.7 Å². The summed E-state index contributed by atoms with van der Waals surface area (Å²) in [4.78, 5) is 27.9. The molecule has 0 spiro atoms. The number of rotatable bonds is 7. The number of nitrogens with one attached hydrogen (secondary N) is 4. The molecule has 4 N–H and O–H groups in total. The van der Waals surface area contributed by atoms with Gasteiger partial charge in [0.05, 0.1) is 6.54 Å². The van der Waals surface area contributed by atoms with Gasteiger partial charge in [-0.15, -0.1) is 0 Å². The van der Waals surface area contributed by atoms with E-state index in [-0.39, 0.29) is 23.9 Å². The molecule has 0 unspecified atom stereocenters. The molecule has 1 aromatic carbocycles. The lowest BCUT2D eigenvalue weighted by Gasteiger charge is -2.21. The van der Waals surface area contributed by atoms with Gasteiger partial charge in [-0.05, 0) is 45.4 Å². The minimum Gasteiger partial charge on any atom is -0.356 e. The highest BCUT2D eigenvalue weighted by Gasteiger charge is 2.13. The topological polar surface area (TPSA) is 94.6 Å². The maximum Gasteiger partial charge on any atom is 0.251 e. The van der Waals surface area contributed by atoms with Crippen molar-refractivity contribution in [3.63, 3.8) is 0 Å². The van der Waals surface area contributed by atoms with E-state index >= 15 is 0 Å². The van der Waals surface area contributed by atoms with Crippen LogP contribution in [0.3, 0.4) is 0 Å². The molecule has 0 aliphatic carbocycles. The molecule has 8 heteroatoms. The number of amides is 2. The Kier molecular flexibility index (Phi) is 9.12. The van der Waals surface area contributed by atoms with Crippen molar-refractivity contribution in [3.8, 4) is 0 Å². The molecule has 0 saturated carbocycles. The Morgan fingerprint density at radius 2 is 1.81 bits per heavy atom. The van der Waals surface area contributed by atoms with Crippen molar-refractivity contribution in [2.75, 3.05) is 26.7 Å². The molecular formula is C18H28BrN5O2. The van der Waals surface area contributed by atoms with Gasteiger partial charge in [0.25, 0.3) is 5.91 Å². The molecule has 7 nitrogen and oxygen atoms in total. The van der Waals surface area contributed by atoms with Gasteiger partial charge in [0.2, 0.25) is 5.91 Å². The molecule has 0 aromatic heterocycles. The number of benzene rings is 1. The second-order valence-corrected chi connectivity index (χ2v) is 7.69. The molecule has 1 rings (SSSR count). The van der Waals surface area contributed by atoms with Crippen LogP contribution >= 0.6 is 15.9 Å². The van der Waals surface area contributed by atoms with Crippen LogP contribution in [-0.4, -0.2) is 50.0 Å². The maximum atomic E-state index is 12.0. The number of carbonyl (C=O) groups is 2. The van der Waals surface area contributed by atoms with Crippen molar-refractivity contribution in [2.45, 2.75) is 32.7 Å². The van der Waals surface area contributed by atoms with Gasteiger partial charge < -0.3 is 21.3 Å². The fraction of sp³-hybridized carbons (Fsp3) is 0.500. The zero-order valence-corrected chi connectivity index (χ0v) is 17.4. The summed E-state index contributed by atoms with van der Waals surface area (Å²) < 4.78 is 0.872. The lowest BCUT2D eigenvalue weighted by Crippen LogP contribution is -2.48. The fourth-order valence-electron chi connectivity index (χ4n) is 2.08. The Labute approximate surface area is 163 Å². The van der Waals surface area contributed by atoms with E-state index in [1.54, 1.807) is 19.2 Å². The van der Waals surface area contributed by atoms with Crippen LogP contribution < -0.4 is 21.3 Å². The molecule has 1 aromatic rings. The summed E-state index contributed by atoms with van der Waals surface area (Å²) in [5, 5.41) is 11.8. The molecule has 0 radical (unpaired) electrons. The summed E-state index contributed by atoms with van der Waals surface area (Å²) in [6.45, 7) is 7.11. The smallest absolute Gasteiger partial charge is 0.251 e. The van der Waals surface area contributed by atoms with Crippen molar-refractivity contribution in [3.05, 3.63) is 34.3 Å². The monoisotopic (exact) mass is 425 g/mol. The first-order valence-electron chi connectivity index (χ1n) is 8.50. The van der Waals surface area contributed by atoms with Crippen molar-refractivity contribution in [1.29, 1.82) is 0 Å². The highest BCUT2D eigenvalue weighted by atomic mass is 79.9. The predicted octanol–water partition coefficient (Wildman–Crippen LogP) is 1.65. The first-order valence-corrected chi connectivity index (χ1v) is 9.30. The number of hydrogen-bond donors (Lipinski definition) is 4. The minimum atomic E-state index is -0.262. The van der Waals surface area contributed by atoms with E-state index in [2.05, 4.69) is 42.2 Å². The van der Waals surface area contributed by atoms with Crippen LogP contribution in [-0.2, 0) is 4.79 Å². The highest BCUT2D eigenvalue weighted by Crippen LogP contribution is 2.11. The van der Waals surface area contributed by atoms with E-state index in [0.717, 1.165) is 10.9 Å². The first-order chi connectivity index (χ1) is 12.2. The van der Waals surface area contributed by atoms with Crippen LogP contribution in [0.15, 0.2) is 33.7 Å². The summed E-state index contributed by atoms with van der Waals surface area (Å²) in [5.41, 5.74) is 0.358. The second kappa shape index (κ2) is 10.8. The summed E-state index contributed by atoms with van der Waals surface area (Å²) in [6, 6.07) is 7.25. The molecule has 0 bridgehead atoms. The van der Waals surface area contributed by atoms with E-state index in [1.165, 1.54) is 0 Å². The van der Waals surface area contributed by atoms with Crippen LogP contribution in [0.25, 0.3) is 0 Å². The number of guanidine groups is 1. The molecular weight excluding hydrogens is 398 g/mol. The van der Waals surface area contributed by atoms with Crippen LogP contribution in [0.2, 0.25) is 0 Å². The molecule has 0 saturated heterocycles. The van der Waals surface area contributed by atoms with Crippen LogP contribution in [0, 0.1) is 0 Å². The second-order valence-electron chi connectivity index (χ2n) is 6.77. The quantitative estimate of drug-likeness (QED) is 0.303. The maximum absolute atomic E-state index is 12.0. The van der Waals surface area contributed by atoms with Crippen molar-refractivity contribution in [2.24, 2.45) is 4.99 Å². The third-order valence-corrected chi connectivity index (χ3v) is 3.67. The molecule has 0 aliphatic rings. The zero-order chi connectivity index (χ0) is 19.6. The van der Waals surface area contributed by atoms with E-state index in [0.29, 0.717) is 24.6 Å². The van der Waals surface area contributed by atoms with Gasteiger partial charge in [0.1, 0.15) is 0 Å². The molecule has 144 valence electrons. The SMILES string of the molecule is CN=C(NCCCNC(=O)c1cccc(Br)c1)NCC(=O)NC(C)(C)C. The number of aliphatic imine (C=N–C) groups is 1. The Morgan fingerprint density at radius 3 is 2.42 bits per heavy atom. The van der Waals surface area contributed by atoms with Crippen LogP contribution in [0.5, 0.6) is 0 Å². The van der Waals surface area contributed by atoms with E-state index in [9.17, 15) is 9.59 Å². The minimum absolute atomic E-state index is 0.0956. The fourth-order valence-corrected chi connectivity index (χ4v) is 2.48. The van der Waals surface area contributed by atoms with Gasteiger partial charge in [-0.25, -0.2) is 0 Å². The predicted molar refractivity (Wildman–Crippen MR) is 108 cm³/mol. The molecule has 0 fully saturated rings. The number of hydrogen-bond acceptors (Lipinski definition) is 3. The van der Waals surface area contributed by atoms with Crippen molar-refractivity contribution in [1.82, 2.24) is 21.3 Å². The van der Waals surface area contributed by atoms with Gasteiger partial charge in [-0.1, -0.05) is 22.0 Å². The summed E-state index contributed by atoms with van der Waals surface area (Å²) >= 11 is 3.35. The normalized spacial score (nSPS) is 11.7. The zero-order valence-electron chi connectivity index (χ0n) is 15.8. The molecule has 26 heavy (non-hydrogen) atoms. The van der Waals surface area contributed by atoms with Gasteiger partial charge >= 0.3 is 0 Å². The molecule has 0 aliphatic heterocycles. The van der Waals surface area contributed by atoms with E-state index in [4.69, 9.17) is 0 Å².